The molecule has 1 fully saturated rings. The van der Waals surface area contributed by atoms with Gasteiger partial charge in [0, 0.05) is 31.3 Å². The minimum Gasteiger partial charge on any atom is -0.361 e. The molecule has 0 bridgehead atoms. The molecule has 1 atom stereocenters. The molecule has 0 aliphatic carbocycles. The topological polar surface area (TPSA) is 92.1 Å². The van der Waals surface area contributed by atoms with Gasteiger partial charge in [-0.15, -0.1) is 0 Å². The van der Waals surface area contributed by atoms with Crippen LogP contribution in [0.5, 0.6) is 0 Å². The fraction of sp³-hybridized carbons (Fsp3) is 0.571. The number of piperidine rings is 1. The van der Waals surface area contributed by atoms with Gasteiger partial charge < -0.3 is 4.52 Å². The van der Waals surface area contributed by atoms with Gasteiger partial charge in [0.1, 0.15) is 10.7 Å². The van der Waals surface area contributed by atoms with Crippen molar-refractivity contribution in [3.63, 3.8) is 0 Å². The van der Waals surface area contributed by atoms with Crippen LogP contribution in [0.15, 0.2) is 21.7 Å². The van der Waals surface area contributed by atoms with Gasteiger partial charge in [0.15, 0.2) is 9.84 Å². The van der Waals surface area contributed by atoms with E-state index < -0.39 is 9.84 Å². The number of nitrogens with zero attached hydrogens (tertiary/aromatic N) is 3. The number of hydrogen-bond acceptors (Lipinski definition) is 6. The van der Waals surface area contributed by atoms with Crippen LogP contribution in [0.25, 0.3) is 0 Å². The minimum atomic E-state index is -3.25. The van der Waals surface area contributed by atoms with Gasteiger partial charge in [-0.25, -0.2) is 8.42 Å². The zero-order valence-corrected chi connectivity index (χ0v) is 13.6. The van der Waals surface area contributed by atoms with Gasteiger partial charge >= 0.3 is 0 Å². The van der Waals surface area contributed by atoms with Gasteiger partial charge in [-0.3, -0.25) is 10.00 Å². The van der Waals surface area contributed by atoms with Crippen molar-refractivity contribution >= 4 is 9.84 Å². The van der Waals surface area contributed by atoms with E-state index in [2.05, 4.69) is 20.3 Å². The number of sulfone groups is 1. The third kappa shape index (κ3) is 3.22. The van der Waals surface area contributed by atoms with Crippen molar-refractivity contribution < 1.29 is 12.9 Å². The summed E-state index contributed by atoms with van der Waals surface area (Å²) in [5.74, 6) is 0.950. The summed E-state index contributed by atoms with van der Waals surface area (Å²) in [4.78, 5) is 2.59. The van der Waals surface area contributed by atoms with Crippen LogP contribution in [0.3, 0.4) is 0 Å². The van der Waals surface area contributed by atoms with Crippen LogP contribution in [0, 0.1) is 6.92 Å². The highest BCUT2D eigenvalue weighted by Crippen LogP contribution is 2.30. The van der Waals surface area contributed by atoms with Gasteiger partial charge in [0.05, 0.1) is 17.6 Å². The van der Waals surface area contributed by atoms with E-state index in [1.54, 1.807) is 0 Å². The fourth-order valence-corrected chi connectivity index (χ4v) is 3.89. The molecule has 22 heavy (non-hydrogen) atoms. The van der Waals surface area contributed by atoms with Crippen molar-refractivity contribution in [1.29, 1.82) is 0 Å². The fourth-order valence-electron chi connectivity index (χ4n) is 3.03. The molecule has 0 amide bonds. The third-order valence-corrected chi connectivity index (χ3v) is 5.13. The van der Waals surface area contributed by atoms with Crippen LogP contribution in [0.2, 0.25) is 0 Å². The predicted molar refractivity (Wildman–Crippen MR) is 80.2 cm³/mol. The number of aryl methyl sites for hydroxylation is 1. The number of nitrogens with one attached hydrogen (secondary N) is 1. The summed E-state index contributed by atoms with van der Waals surface area (Å²) in [5, 5.41) is 10.8. The Morgan fingerprint density at radius 2 is 2.32 bits per heavy atom. The maximum atomic E-state index is 11.8. The van der Waals surface area contributed by atoms with Gasteiger partial charge in [-0.05, 0) is 26.3 Å². The first-order valence-electron chi connectivity index (χ1n) is 7.31. The van der Waals surface area contributed by atoms with Gasteiger partial charge in [-0.2, -0.15) is 5.10 Å². The van der Waals surface area contributed by atoms with Crippen LogP contribution < -0.4 is 0 Å². The number of H-pyrrole nitrogens is 1. The second-order valence-electron chi connectivity index (χ2n) is 5.92. The molecule has 1 aliphatic rings. The van der Waals surface area contributed by atoms with Crippen molar-refractivity contribution in [2.24, 2.45) is 0 Å². The van der Waals surface area contributed by atoms with Gasteiger partial charge in [0.2, 0.25) is 0 Å². The first kappa shape index (κ1) is 15.2. The Labute approximate surface area is 129 Å². The largest absolute Gasteiger partial charge is 0.361 e. The number of rotatable bonds is 4. The van der Waals surface area contributed by atoms with Gasteiger partial charge in [-0.1, -0.05) is 5.16 Å². The number of aromatic nitrogens is 3. The van der Waals surface area contributed by atoms with Crippen LogP contribution in [-0.4, -0.2) is 48.0 Å². The molecular formula is C14H20N4O3S. The Morgan fingerprint density at radius 3 is 3.00 bits per heavy atom. The van der Waals surface area contributed by atoms with E-state index in [9.17, 15) is 8.42 Å². The number of hydrogen-bond donors (Lipinski definition) is 1. The minimum absolute atomic E-state index is 0.147. The van der Waals surface area contributed by atoms with Gasteiger partial charge in [0.25, 0.3) is 0 Å². The second kappa shape index (κ2) is 5.85. The van der Waals surface area contributed by atoms with Crippen LogP contribution in [0.4, 0.5) is 0 Å². The third-order valence-electron chi connectivity index (χ3n) is 4.01. The quantitative estimate of drug-likeness (QED) is 0.916. The van der Waals surface area contributed by atoms with Crippen LogP contribution >= 0.6 is 0 Å². The van der Waals surface area contributed by atoms with E-state index in [-0.39, 0.29) is 5.92 Å². The summed E-state index contributed by atoms with van der Waals surface area (Å²) in [6.45, 7) is 4.36. The summed E-state index contributed by atoms with van der Waals surface area (Å²) in [6, 6.07) is 1.93. The Hall–Kier alpha value is -1.67. The molecular weight excluding hydrogens is 304 g/mol. The van der Waals surface area contributed by atoms with Crippen molar-refractivity contribution in [2.45, 2.75) is 37.1 Å². The first-order chi connectivity index (χ1) is 10.4. The Balaban J connectivity index is 1.75. The molecule has 0 spiro atoms. The molecule has 1 saturated heterocycles. The molecule has 3 heterocycles. The molecule has 0 saturated carbocycles. The Kier molecular flexibility index (Phi) is 4.05. The van der Waals surface area contributed by atoms with E-state index >= 15 is 0 Å². The molecule has 8 heteroatoms. The molecule has 1 aliphatic heterocycles. The van der Waals surface area contributed by atoms with Crippen molar-refractivity contribution in [3.8, 4) is 0 Å². The predicted octanol–water partition coefficient (Wildman–Crippen LogP) is 1.49. The van der Waals surface area contributed by atoms with E-state index in [0.717, 1.165) is 49.6 Å². The lowest BCUT2D eigenvalue weighted by molar-refractivity contribution is 0.192. The maximum Gasteiger partial charge on any atom is 0.178 e. The smallest absolute Gasteiger partial charge is 0.178 e. The summed E-state index contributed by atoms with van der Waals surface area (Å²) in [7, 11) is -3.25. The highest BCUT2D eigenvalue weighted by molar-refractivity contribution is 7.90. The molecule has 0 aromatic carbocycles. The molecule has 2 aromatic heterocycles. The summed E-state index contributed by atoms with van der Waals surface area (Å²) < 4.78 is 28.8. The monoisotopic (exact) mass is 324 g/mol. The Bertz CT molecular complexity index is 750. The molecule has 2 aromatic rings. The average Bonchev–Trinajstić information content (AvgIpc) is 3.07. The summed E-state index contributed by atoms with van der Waals surface area (Å²) in [6.07, 6.45) is 4.60. The second-order valence-corrected chi connectivity index (χ2v) is 7.91. The maximum absolute atomic E-state index is 11.8. The zero-order valence-electron chi connectivity index (χ0n) is 12.7. The SMILES string of the molecule is Cc1cc(CN2CCC[C@H](c3[nH]ncc3S(C)(=O)=O)C2)no1. The van der Waals surface area contributed by atoms with Crippen molar-refractivity contribution in [1.82, 2.24) is 20.3 Å². The first-order valence-corrected chi connectivity index (χ1v) is 9.20. The number of likely N-dealkylation sites (tertiary alicyclic amines) is 1. The lowest BCUT2D eigenvalue weighted by Gasteiger charge is -2.31. The van der Waals surface area contributed by atoms with Crippen molar-refractivity contribution in [2.75, 3.05) is 19.3 Å². The standard InChI is InChI=1S/C14H20N4O3S/c1-10-6-12(17-21-10)9-18-5-3-4-11(8-18)14-13(7-15-16-14)22(2,19)20/h6-7,11H,3-5,8-9H2,1-2H3,(H,15,16)/t11-/m0/s1. The highest BCUT2D eigenvalue weighted by atomic mass is 32.2. The highest BCUT2D eigenvalue weighted by Gasteiger charge is 2.28. The molecule has 7 nitrogen and oxygen atoms in total. The number of aromatic amines is 1. The Morgan fingerprint density at radius 1 is 1.50 bits per heavy atom. The van der Waals surface area contributed by atoms with E-state index in [4.69, 9.17) is 4.52 Å². The lowest BCUT2D eigenvalue weighted by atomic mass is 9.95. The van der Waals surface area contributed by atoms with Crippen LogP contribution in [-0.2, 0) is 16.4 Å². The molecule has 0 unspecified atom stereocenters. The summed E-state index contributed by atoms with van der Waals surface area (Å²) >= 11 is 0. The molecule has 3 rings (SSSR count). The average molecular weight is 324 g/mol. The lowest BCUT2D eigenvalue weighted by Crippen LogP contribution is -2.34. The van der Waals surface area contributed by atoms with E-state index in [0.29, 0.717) is 4.90 Å². The molecule has 120 valence electrons. The normalized spacial score (nSPS) is 20.4. The molecule has 1 N–H and O–H groups in total. The van der Waals surface area contributed by atoms with E-state index in [1.807, 2.05) is 13.0 Å². The summed E-state index contributed by atoms with van der Waals surface area (Å²) in [5.41, 5.74) is 1.63. The van der Waals surface area contributed by atoms with Crippen LogP contribution in [0.1, 0.15) is 35.9 Å². The van der Waals surface area contributed by atoms with E-state index in [1.165, 1.54) is 12.5 Å². The van der Waals surface area contributed by atoms with Crippen molar-refractivity contribution in [3.05, 3.63) is 29.4 Å². The molecule has 0 radical (unpaired) electrons. The zero-order chi connectivity index (χ0) is 15.7.